The molecule has 1 aromatic rings. The Morgan fingerprint density at radius 1 is 0.884 bits per heavy atom. The van der Waals surface area contributed by atoms with Crippen molar-refractivity contribution < 1.29 is 19.8 Å². The summed E-state index contributed by atoms with van der Waals surface area (Å²) in [6, 6.07) is 6.87. The molecule has 43 heavy (non-hydrogen) atoms. The van der Waals surface area contributed by atoms with Crippen LogP contribution in [0.15, 0.2) is 35.9 Å². The first-order valence-electron chi connectivity index (χ1n) is 17.1. The fraction of sp³-hybridized carbons (Fsp3) is 0.737. The molecule has 236 valence electrons. The summed E-state index contributed by atoms with van der Waals surface area (Å²) in [5.41, 5.74) is 2.79. The average Bonchev–Trinajstić information content (AvgIpc) is 2.96. The zero-order chi connectivity index (χ0) is 31.2. The molecule has 1 aromatic carbocycles. The van der Waals surface area contributed by atoms with Crippen LogP contribution in [0.25, 0.3) is 0 Å². The molecule has 5 nitrogen and oxygen atoms in total. The number of aliphatic hydroxyl groups is 1. The monoisotopic (exact) mass is 589 g/mol. The Morgan fingerprint density at radius 2 is 1.58 bits per heavy atom. The van der Waals surface area contributed by atoms with E-state index in [9.17, 15) is 19.8 Å². The zero-order valence-electron chi connectivity index (χ0n) is 27.6. The third-order valence-electron chi connectivity index (χ3n) is 15.1. The SMILES string of the molecule is C[C@@H]1CC[C@]2(C(=O)NCc3ccc(C(=O)O)cc3)CC[C@]3(C)C(=CCC4[C@@]5(C)CC[C@H](O)C(C)(C)C5CC[C@]43C)C2[C@H]1C. The maximum Gasteiger partial charge on any atom is 0.335 e. The van der Waals surface area contributed by atoms with Crippen LogP contribution in [0.4, 0.5) is 0 Å². The van der Waals surface area contributed by atoms with Crippen molar-refractivity contribution in [3.8, 4) is 0 Å². The fourth-order valence-electron chi connectivity index (χ4n) is 12.0. The number of benzene rings is 1. The van der Waals surface area contributed by atoms with Gasteiger partial charge in [0.2, 0.25) is 5.91 Å². The van der Waals surface area contributed by atoms with E-state index < -0.39 is 5.97 Å². The van der Waals surface area contributed by atoms with Gasteiger partial charge in [-0.15, -0.1) is 0 Å². The number of hydrogen-bond donors (Lipinski definition) is 3. The summed E-state index contributed by atoms with van der Waals surface area (Å²) in [5, 5.41) is 23.6. The molecule has 0 spiro atoms. The number of rotatable bonds is 4. The molecule has 3 N–H and O–H groups in total. The smallest absolute Gasteiger partial charge is 0.335 e. The highest BCUT2D eigenvalue weighted by molar-refractivity contribution is 5.87. The Bertz CT molecular complexity index is 1320. The first kappa shape index (κ1) is 30.9. The van der Waals surface area contributed by atoms with Gasteiger partial charge >= 0.3 is 5.97 Å². The van der Waals surface area contributed by atoms with Gasteiger partial charge in [0, 0.05) is 6.54 Å². The van der Waals surface area contributed by atoms with Gasteiger partial charge in [0.1, 0.15) is 0 Å². The summed E-state index contributed by atoms with van der Waals surface area (Å²) in [6.45, 7) is 17.6. The molecule has 4 saturated carbocycles. The summed E-state index contributed by atoms with van der Waals surface area (Å²) in [6.07, 6.45) is 11.9. The molecule has 5 aliphatic rings. The molecule has 3 unspecified atom stereocenters. The van der Waals surface area contributed by atoms with Crippen LogP contribution in [0, 0.1) is 56.7 Å². The molecule has 1 amide bonds. The molecule has 0 radical (unpaired) electrons. The van der Waals surface area contributed by atoms with Crippen LogP contribution in [0.1, 0.15) is 122 Å². The second kappa shape index (κ2) is 10.2. The maximum atomic E-state index is 14.4. The number of allylic oxidation sites excluding steroid dienone is 2. The van der Waals surface area contributed by atoms with E-state index in [2.05, 4.69) is 59.9 Å². The largest absolute Gasteiger partial charge is 0.478 e. The van der Waals surface area contributed by atoms with E-state index in [0.29, 0.717) is 30.2 Å². The molecule has 0 aromatic heterocycles. The van der Waals surface area contributed by atoms with E-state index in [1.165, 1.54) is 12.8 Å². The Labute approximate surface area is 259 Å². The van der Waals surface area contributed by atoms with Gasteiger partial charge in [-0.05, 0) is 127 Å². The molecule has 0 bridgehead atoms. The minimum Gasteiger partial charge on any atom is -0.478 e. The lowest BCUT2D eigenvalue weighted by Gasteiger charge is -2.71. The van der Waals surface area contributed by atoms with Crippen LogP contribution in [-0.2, 0) is 11.3 Å². The predicted molar refractivity (Wildman–Crippen MR) is 170 cm³/mol. The van der Waals surface area contributed by atoms with Crippen molar-refractivity contribution in [1.82, 2.24) is 5.32 Å². The number of carboxylic acid groups (broad SMARTS) is 1. The molecule has 0 aliphatic heterocycles. The van der Waals surface area contributed by atoms with Crippen molar-refractivity contribution in [1.29, 1.82) is 0 Å². The summed E-state index contributed by atoms with van der Waals surface area (Å²) in [5.74, 6) is 1.65. The van der Waals surface area contributed by atoms with Crippen molar-refractivity contribution in [3.63, 3.8) is 0 Å². The van der Waals surface area contributed by atoms with Gasteiger partial charge in [-0.1, -0.05) is 72.2 Å². The van der Waals surface area contributed by atoms with Crippen LogP contribution in [0.2, 0.25) is 0 Å². The molecule has 4 fully saturated rings. The molecule has 10 atom stereocenters. The van der Waals surface area contributed by atoms with E-state index in [1.54, 1.807) is 17.7 Å². The van der Waals surface area contributed by atoms with Gasteiger partial charge in [-0.2, -0.15) is 0 Å². The van der Waals surface area contributed by atoms with Gasteiger partial charge in [-0.25, -0.2) is 4.79 Å². The molecular formula is C38H55NO4. The van der Waals surface area contributed by atoms with Crippen molar-refractivity contribution in [2.75, 3.05) is 0 Å². The Balaban J connectivity index is 1.33. The number of fused-ring (bicyclic) bond motifs is 7. The molecule has 5 heteroatoms. The van der Waals surface area contributed by atoms with Crippen LogP contribution < -0.4 is 5.32 Å². The lowest BCUT2D eigenvalue weighted by molar-refractivity contribution is -0.204. The topological polar surface area (TPSA) is 86.6 Å². The molecule has 5 aliphatic carbocycles. The van der Waals surface area contributed by atoms with E-state index in [-0.39, 0.29) is 50.6 Å². The standard InChI is InChI=1S/C38H55NO4/c1-23-14-19-38(33(43)39-22-25-8-10-26(11-9-25)32(41)42)21-20-36(6)27(31(38)24(23)2)12-13-29-35(5)17-16-30(40)34(3,4)28(35)15-18-37(29,36)7/h8-12,23-24,28-31,40H,13-22H2,1-7H3,(H,39,43)(H,41,42)/t23-,24+,28?,29?,30+,31?,35+,36-,37-,38+/m1/s1. The minimum absolute atomic E-state index is 0.0553. The van der Waals surface area contributed by atoms with E-state index in [0.717, 1.165) is 50.5 Å². The fourth-order valence-corrected chi connectivity index (χ4v) is 12.0. The number of carbonyl (C=O) groups excluding carboxylic acids is 1. The highest BCUT2D eigenvalue weighted by Crippen LogP contribution is 2.75. The van der Waals surface area contributed by atoms with Crippen LogP contribution in [-0.4, -0.2) is 28.2 Å². The van der Waals surface area contributed by atoms with Gasteiger partial charge in [-0.3, -0.25) is 4.79 Å². The Kier molecular flexibility index (Phi) is 7.31. The van der Waals surface area contributed by atoms with Gasteiger partial charge in [0.05, 0.1) is 17.1 Å². The number of carbonyl (C=O) groups is 2. The van der Waals surface area contributed by atoms with Crippen LogP contribution >= 0.6 is 0 Å². The van der Waals surface area contributed by atoms with Crippen molar-refractivity contribution >= 4 is 11.9 Å². The van der Waals surface area contributed by atoms with Gasteiger partial charge in [0.25, 0.3) is 0 Å². The van der Waals surface area contributed by atoms with Crippen molar-refractivity contribution in [2.24, 2.45) is 56.7 Å². The Hall–Kier alpha value is -2.14. The summed E-state index contributed by atoms with van der Waals surface area (Å²) in [4.78, 5) is 25.7. The van der Waals surface area contributed by atoms with Gasteiger partial charge < -0.3 is 15.5 Å². The molecular weight excluding hydrogens is 534 g/mol. The highest BCUT2D eigenvalue weighted by atomic mass is 16.4. The van der Waals surface area contributed by atoms with Gasteiger partial charge in [0.15, 0.2) is 0 Å². The van der Waals surface area contributed by atoms with E-state index in [1.807, 2.05) is 12.1 Å². The number of amides is 1. The second-order valence-electron chi connectivity index (χ2n) is 16.9. The third kappa shape index (κ3) is 4.26. The van der Waals surface area contributed by atoms with E-state index in [4.69, 9.17) is 0 Å². The lowest BCUT2D eigenvalue weighted by Crippen LogP contribution is -2.66. The molecule has 0 saturated heterocycles. The quantitative estimate of drug-likeness (QED) is 0.311. The number of aliphatic hydroxyl groups excluding tert-OH is 1. The summed E-state index contributed by atoms with van der Waals surface area (Å²) < 4.78 is 0. The number of carboxylic acids is 1. The van der Waals surface area contributed by atoms with Crippen molar-refractivity contribution in [2.45, 2.75) is 119 Å². The number of aromatic carboxylic acids is 1. The average molecular weight is 590 g/mol. The highest BCUT2D eigenvalue weighted by Gasteiger charge is 2.69. The summed E-state index contributed by atoms with van der Waals surface area (Å²) in [7, 11) is 0. The van der Waals surface area contributed by atoms with Crippen molar-refractivity contribution in [3.05, 3.63) is 47.0 Å². The molecule has 0 heterocycles. The zero-order valence-corrected chi connectivity index (χ0v) is 27.6. The minimum atomic E-state index is -0.933. The Morgan fingerprint density at radius 3 is 2.26 bits per heavy atom. The van der Waals surface area contributed by atoms with E-state index >= 15 is 0 Å². The summed E-state index contributed by atoms with van der Waals surface area (Å²) >= 11 is 0. The first-order chi connectivity index (χ1) is 20.1. The lowest BCUT2D eigenvalue weighted by atomic mass is 9.33. The third-order valence-corrected chi connectivity index (χ3v) is 15.1. The maximum absolute atomic E-state index is 14.4. The number of nitrogens with one attached hydrogen (secondary N) is 1. The first-order valence-corrected chi connectivity index (χ1v) is 17.1. The predicted octanol–water partition coefficient (Wildman–Crippen LogP) is 8.02. The molecule has 6 rings (SSSR count). The normalized spacial score (nSPS) is 45.0. The van der Waals surface area contributed by atoms with Crippen LogP contribution in [0.3, 0.4) is 0 Å². The second-order valence-corrected chi connectivity index (χ2v) is 16.9. The number of hydrogen-bond acceptors (Lipinski definition) is 3. The van der Waals surface area contributed by atoms with Crippen LogP contribution in [0.5, 0.6) is 0 Å².